The van der Waals surface area contributed by atoms with Crippen molar-refractivity contribution in [3.05, 3.63) is 59.4 Å². The highest BCUT2D eigenvalue weighted by atomic mass is 16.5. The molecule has 1 unspecified atom stereocenters. The number of anilines is 1. The van der Waals surface area contributed by atoms with Crippen LogP contribution in [0, 0.1) is 0 Å². The first-order chi connectivity index (χ1) is 10.9. The number of nitrogens with zero attached hydrogens (tertiary/aromatic N) is 2. The van der Waals surface area contributed by atoms with Crippen LogP contribution in [0.15, 0.2) is 42.6 Å². The maximum Gasteiger partial charge on any atom is 0.411 e. The number of carboxylic acid groups (broad SMARTS) is 1. The molecule has 2 aromatic rings. The Bertz CT molecular complexity index is 728. The minimum Gasteiger partial charge on any atom is -0.465 e. The molecule has 1 N–H and O–H groups in total. The van der Waals surface area contributed by atoms with E-state index in [1.165, 1.54) is 4.90 Å². The first-order valence-electron chi connectivity index (χ1n) is 7.52. The number of amides is 1. The van der Waals surface area contributed by atoms with Crippen LogP contribution >= 0.6 is 0 Å². The van der Waals surface area contributed by atoms with Crippen molar-refractivity contribution in [1.29, 1.82) is 0 Å². The molecular formula is C18H20N2O3. The Morgan fingerprint density at radius 3 is 2.65 bits per heavy atom. The van der Waals surface area contributed by atoms with Gasteiger partial charge in [0.25, 0.3) is 0 Å². The fourth-order valence-electron chi connectivity index (χ4n) is 3.14. The van der Waals surface area contributed by atoms with Gasteiger partial charge < -0.3 is 9.84 Å². The van der Waals surface area contributed by atoms with Crippen LogP contribution in [0.4, 0.5) is 10.5 Å². The molecule has 1 amide bonds. The Kier molecular flexibility index (Phi) is 3.82. The molecule has 23 heavy (non-hydrogen) atoms. The van der Waals surface area contributed by atoms with Crippen LogP contribution in [-0.4, -0.2) is 29.8 Å². The van der Waals surface area contributed by atoms with E-state index < -0.39 is 6.09 Å². The van der Waals surface area contributed by atoms with Crippen molar-refractivity contribution in [2.24, 2.45) is 0 Å². The maximum atomic E-state index is 11.5. The van der Waals surface area contributed by atoms with Crippen LogP contribution in [0.2, 0.25) is 0 Å². The van der Waals surface area contributed by atoms with Gasteiger partial charge >= 0.3 is 6.09 Å². The summed E-state index contributed by atoms with van der Waals surface area (Å²) in [7, 11) is 1.63. The lowest BCUT2D eigenvalue weighted by atomic mass is 9.88. The predicted octanol–water partition coefficient (Wildman–Crippen LogP) is 3.59. The van der Waals surface area contributed by atoms with E-state index in [-0.39, 0.29) is 11.5 Å². The van der Waals surface area contributed by atoms with Gasteiger partial charge in [0.2, 0.25) is 0 Å². The fourth-order valence-corrected chi connectivity index (χ4v) is 3.14. The molecule has 0 radical (unpaired) electrons. The zero-order valence-corrected chi connectivity index (χ0v) is 13.5. The van der Waals surface area contributed by atoms with Gasteiger partial charge in [0.1, 0.15) is 6.10 Å². The molecule has 1 aromatic carbocycles. The molecule has 1 aliphatic heterocycles. The van der Waals surface area contributed by atoms with E-state index in [2.05, 4.69) is 4.98 Å². The summed E-state index contributed by atoms with van der Waals surface area (Å²) in [5, 5.41) is 9.47. The Hall–Kier alpha value is -2.40. The van der Waals surface area contributed by atoms with Gasteiger partial charge in [-0.3, -0.25) is 9.88 Å². The smallest absolute Gasteiger partial charge is 0.411 e. The zero-order chi connectivity index (χ0) is 16.6. The number of pyridine rings is 1. The summed E-state index contributed by atoms with van der Waals surface area (Å²) in [6.07, 6.45) is 0.520. The first kappa shape index (κ1) is 15.5. The zero-order valence-electron chi connectivity index (χ0n) is 13.5. The lowest BCUT2D eigenvalue weighted by Gasteiger charge is -2.18. The van der Waals surface area contributed by atoms with Crippen molar-refractivity contribution in [3.8, 4) is 0 Å². The summed E-state index contributed by atoms with van der Waals surface area (Å²) in [5.41, 5.74) is 3.11. The van der Waals surface area contributed by atoms with Gasteiger partial charge in [0, 0.05) is 30.8 Å². The largest absolute Gasteiger partial charge is 0.465 e. The highest BCUT2D eigenvalue weighted by molar-refractivity contribution is 5.90. The summed E-state index contributed by atoms with van der Waals surface area (Å²) < 4.78 is 5.60. The molecule has 0 fully saturated rings. The molecule has 0 saturated carbocycles. The number of ether oxygens (including phenoxy) is 1. The summed E-state index contributed by atoms with van der Waals surface area (Å²) in [6, 6.07) is 11.6. The van der Waals surface area contributed by atoms with E-state index in [0.29, 0.717) is 17.9 Å². The van der Waals surface area contributed by atoms with Crippen molar-refractivity contribution in [2.45, 2.75) is 25.4 Å². The predicted molar refractivity (Wildman–Crippen MR) is 87.9 cm³/mol. The minimum absolute atomic E-state index is 0.241. The third-order valence-electron chi connectivity index (χ3n) is 4.31. The standard InChI is InChI=1S/C18H20N2O3/c1-18(2)11-20(17(21)22)15-9-14(19-10-13(15)18)16(23-3)12-7-5-4-6-8-12/h4-10,16H,11H2,1-3H3,(H,21,22). The molecule has 3 rings (SSSR count). The number of hydrogen-bond acceptors (Lipinski definition) is 3. The number of aromatic nitrogens is 1. The van der Waals surface area contributed by atoms with E-state index in [1.54, 1.807) is 13.3 Å². The van der Waals surface area contributed by atoms with Crippen molar-refractivity contribution >= 4 is 11.8 Å². The second kappa shape index (κ2) is 5.66. The van der Waals surface area contributed by atoms with Crippen LogP contribution in [0.3, 0.4) is 0 Å². The third-order valence-corrected chi connectivity index (χ3v) is 4.31. The molecule has 5 heteroatoms. The summed E-state index contributed by atoms with van der Waals surface area (Å²) in [6.45, 7) is 4.49. The van der Waals surface area contributed by atoms with Gasteiger partial charge in [0.15, 0.2) is 0 Å². The summed E-state index contributed by atoms with van der Waals surface area (Å²) in [5.74, 6) is 0. The van der Waals surface area contributed by atoms with Gasteiger partial charge in [-0.2, -0.15) is 0 Å². The van der Waals surface area contributed by atoms with Gasteiger partial charge in [-0.25, -0.2) is 4.79 Å². The van der Waals surface area contributed by atoms with Crippen LogP contribution in [0.25, 0.3) is 0 Å². The summed E-state index contributed by atoms with van der Waals surface area (Å²) in [4.78, 5) is 17.5. The Balaban J connectivity index is 2.06. The SMILES string of the molecule is COC(c1ccccc1)c1cc2c(cn1)C(C)(C)CN2C(=O)O. The monoisotopic (exact) mass is 312 g/mol. The molecule has 0 bridgehead atoms. The van der Waals surface area contributed by atoms with E-state index in [4.69, 9.17) is 4.74 Å². The molecule has 1 atom stereocenters. The Morgan fingerprint density at radius 1 is 1.35 bits per heavy atom. The average molecular weight is 312 g/mol. The molecular weight excluding hydrogens is 292 g/mol. The molecule has 0 saturated heterocycles. The molecule has 1 aliphatic rings. The van der Waals surface area contributed by atoms with Gasteiger partial charge in [-0.1, -0.05) is 44.2 Å². The maximum absolute atomic E-state index is 11.5. The number of benzene rings is 1. The van der Waals surface area contributed by atoms with Crippen molar-refractivity contribution in [2.75, 3.05) is 18.6 Å². The fraction of sp³-hybridized carbons (Fsp3) is 0.333. The van der Waals surface area contributed by atoms with Crippen molar-refractivity contribution in [3.63, 3.8) is 0 Å². The summed E-state index contributed by atoms with van der Waals surface area (Å²) >= 11 is 0. The average Bonchev–Trinajstić information content (AvgIpc) is 2.81. The normalized spacial score (nSPS) is 16.9. The van der Waals surface area contributed by atoms with Gasteiger partial charge in [0.05, 0.1) is 11.4 Å². The number of carbonyl (C=O) groups is 1. The molecule has 2 heterocycles. The topological polar surface area (TPSA) is 62.7 Å². The molecule has 5 nitrogen and oxygen atoms in total. The Labute approximate surface area is 135 Å². The number of fused-ring (bicyclic) bond motifs is 1. The first-order valence-corrected chi connectivity index (χ1v) is 7.52. The van der Waals surface area contributed by atoms with Crippen LogP contribution in [0.5, 0.6) is 0 Å². The highest BCUT2D eigenvalue weighted by Gasteiger charge is 2.39. The van der Waals surface area contributed by atoms with Gasteiger partial charge in [-0.05, 0) is 11.6 Å². The third kappa shape index (κ3) is 2.68. The molecule has 1 aromatic heterocycles. The van der Waals surface area contributed by atoms with E-state index in [1.807, 2.05) is 50.2 Å². The van der Waals surface area contributed by atoms with Crippen molar-refractivity contribution in [1.82, 2.24) is 4.98 Å². The van der Waals surface area contributed by atoms with E-state index in [0.717, 1.165) is 11.1 Å². The number of hydrogen-bond donors (Lipinski definition) is 1. The lowest BCUT2D eigenvalue weighted by molar-refractivity contribution is 0.133. The van der Waals surface area contributed by atoms with Crippen LogP contribution < -0.4 is 4.90 Å². The second-order valence-electron chi connectivity index (χ2n) is 6.41. The lowest BCUT2D eigenvalue weighted by Crippen LogP contribution is -2.32. The number of methoxy groups -OCH3 is 1. The molecule has 0 aliphatic carbocycles. The van der Waals surface area contributed by atoms with E-state index in [9.17, 15) is 9.90 Å². The van der Waals surface area contributed by atoms with Crippen molar-refractivity contribution < 1.29 is 14.6 Å². The highest BCUT2D eigenvalue weighted by Crippen LogP contribution is 2.41. The van der Waals surface area contributed by atoms with Crippen LogP contribution in [-0.2, 0) is 10.2 Å². The Morgan fingerprint density at radius 2 is 2.04 bits per heavy atom. The van der Waals surface area contributed by atoms with Gasteiger partial charge in [-0.15, -0.1) is 0 Å². The number of rotatable bonds is 3. The van der Waals surface area contributed by atoms with E-state index >= 15 is 0 Å². The second-order valence-corrected chi connectivity index (χ2v) is 6.41. The quantitative estimate of drug-likeness (QED) is 0.940. The molecule has 0 spiro atoms. The van der Waals surface area contributed by atoms with Crippen LogP contribution in [0.1, 0.15) is 36.8 Å². The molecule has 120 valence electrons. The minimum atomic E-state index is -0.942.